The molecule has 0 aliphatic carbocycles. The average Bonchev–Trinajstić information content (AvgIpc) is 2.79. The van der Waals surface area contributed by atoms with Gasteiger partial charge in [-0.05, 0) is 67.5 Å². The Morgan fingerprint density at radius 2 is 1.94 bits per heavy atom. The minimum atomic E-state index is -0.0351. The number of para-hydroxylation sites is 1. The lowest BCUT2D eigenvalue weighted by atomic mass is 9.82. The maximum Gasteiger partial charge on any atom is 0.123 e. The number of fused-ring (bicyclic) bond motifs is 2. The fourth-order valence-corrected chi connectivity index (χ4v) is 5.03. The number of pyridine rings is 1. The first-order chi connectivity index (χ1) is 14.7. The number of piperidine rings is 1. The monoisotopic (exact) mass is 436 g/mol. The van der Waals surface area contributed by atoms with E-state index in [0.29, 0.717) is 6.42 Å². The number of ether oxygens (including phenoxy) is 1. The van der Waals surface area contributed by atoms with Crippen LogP contribution in [-0.2, 0) is 11.2 Å². The SMILES string of the molecule is Cc1c(-c2ccc3c(c2)CCC2(CCN(CCC=O)CC2)O3)cnc2ccccc12.Cl. The number of rotatable bonds is 4. The molecule has 0 bridgehead atoms. The van der Waals surface area contributed by atoms with Crippen molar-refractivity contribution >= 4 is 29.6 Å². The number of carbonyl (C=O) groups is 1. The highest BCUT2D eigenvalue weighted by Gasteiger charge is 2.39. The molecule has 1 saturated heterocycles. The number of aryl methyl sites for hydroxylation is 2. The van der Waals surface area contributed by atoms with Crippen LogP contribution < -0.4 is 4.74 Å². The largest absolute Gasteiger partial charge is 0.487 e. The lowest BCUT2D eigenvalue weighted by Crippen LogP contribution is -2.49. The fraction of sp³-hybridized carbons (Fsp3) is 0.385. The Morgan fingerprint density at radius 1 is 1.13 bits per heavy atom. The molecule has 2 aliphatic rings. The molecule has 3 heterocycles. The van der Waals surface area contributed by atoms with Gasteiger partial charge in [0.25, 0.3) is 0 Å². The van der Waals surface area contributed by atoms with Crippen LogP contribution in [0.2, 0.25) is 0 Å². The van der Waals surface area contributed by atoms with Crippen LogP contribution in [0.4, 0.5) is 0 Å². The molecule has 0 unspecified atom stereocenters. The molecule has 0 saturated carbocycles. The molecular weight excluding hydrogens is 408 g/mol. The van der Waals surface area contributed by atoms with Gasteiger partial charge in [0, 0.05) is 43.2 Å². The number of hydrogen-bond donors (Lipinski definition) is 0. The Bertz CT molecular complexity index is 1090. The third kappa shape index (κ3) is 4.19. The van der Waals surface area contributed by atoms with Crippen molar-refractivity contribution in [2.75, 3.05) is 19.6 Å². The number of carbonyl (C=O) groups excluding carboxylic acids is 1. The molecule has 0 atom stereocenters. The van der Waals surface area contributed by atoms with Crippen molar-refractivity contribution in [2.45, 2.75) is 44.6 Å². The van der Waals surface area contributed by atoms with E-state index in [1.165, 1.54) is 27.6 Å². The van der Waals surface area contributed by atoms with Crippen molar-refractivity contribution in [1.82, 2.24) is 9.88 Å². The van der Waals surface area contributed by atoms with Gasteiger partial charge in [0.2, 0.25) is 0 Å². The third-order valence-corrected chi connectivity index (χ3v) is 6.92. The van der Waals surface area contributed by atoms with Gasteiger partial charge < -0.3 is 14.4 Å². The first kappa shape index (κ1) is 21.8. The lowest BCUT2D eigenvalue weighted by Gasteiger charge is -2.44. The van der Waals surface area contributed by atoms with Gasteiger partial charge in [0.15, 0.2) is 0 Å². The topological polar surface area (TPSA) is 42.4 Å². The van der Waals surface area contributed by atoms with Crippen LogP contribution in [0.5, 0.6) is 5.75 Å². The lowest BCUT2D eigenvalue weighted by molar-refractivity contribution is -0.108. The van der Waals surface area contributed by atoms with E-state index < -0.39 is 0 Å². The summed E-state index contributed by atoms with van der Waals surface area (Å²) in [7, 11) is 0. The van der Waals surface area contributed by atoms with E-state index in [-0.39, 0.29) is 18.0 Å². The Labute approximate surface area is 190 Å². The van der Waals surface area contributed by atoms with E-state index >= 15 is 0 Å². The summed E-state index contributed by atoms with van der Waals surface area (Å²) in [4.78, 5) is 17.7. The zero-order valence-corrected chi connectivity index (χ0v) is 18.8. The van der Waals surface area contributed by atoms with Gasteiger partial charge in [-0.15, -0.1) is 12.4 Å². The van der Waals surface area contributed by atoms with E-state index in [4.69, 9.17) is 4.74 Å². The predicted octanol–water partition coefficient (Wildman–Crippen LogP) is 5.38. The van der Waals surface area contributed by atoms with Crippen molar-refractivity contribution in [3.63, 3.8) is 0 Å². The summed E-state index contributed by atoms with van der Waals surface area (Å²) in [6.45, 7) is 5.09. The van der Waals surface area contributed by atoms with E-state index in [0.717, 1.165) is 62.9 Å². The molecule has 0 radical (unpaired) electrons. The molecular formula is C26H29ClN2O2. The highest BCUT2D eigenvalue weighted by Crippen LogP contribution is 2.41. The number of halogens is 1. The first-order valence-electron chi connectivity index (χ1n) is 11.0. The quantitative estimate of drug-likeness (QED) is 0.515. The smallest absolute Gasteiger partial charge is 0.123 e. The zero-order valence-electron chi connectivity index (χ0n) is 18.0. The van der Waals surface area contributed by atoms with Gasteiger partial charge in [0.1, 0.15) is 17.6 Å². The maximum atomic E-state index is 10.6. The van der Waals surface area contributed by atoms with Gasteiger partial charge in [-0.1, -0.05) is 24.3 Å². The van der Waals surface area contributed by atoms with Crippen molar-refractivity contribution in [3.8, 4) is 16.9 Å². The molecule has 1 fully saturated rings. The second-order valence-electron chi connectivity index (χ2n) is 8.72. The number of aromatic nitrogens is 1. The van der Waals surface area contributed by atoms with Crippen molar-refractivity contribution in [1.29, 1.82) is 0 Å². The van der Waals surface area contributed by atoms with Crippen LogP contribution in [0.3, 0.4) is 0 Å². The number of nitrogens with zero attached hydrogens (tertiary/aromatic N) is 2. The van der Waals surface area contributed by atoms with Crippen LogP contribution in [0.1, 0.15) is 36.8 Å². The molecule has 31 heavy (non-hydrogen) atoms. The maximum absolute atomic E-state index is 10.6. The van der Waals surface area contributed by atoms with Gasteiger partial charge in [-0.2, -0.15) is 0 Å². The molecule has 1 aromatic heterocycles. The van der Waals surface area contributed by atoms with Gasteiger partial charge >= 0.3 is 0 Å². The van der Waals surface area contributed by atoms with Gasteiger partial charge in [-0.3, -0.25) is 4.98 Å². The van der Waals surface area contributed by atoms with Crippen LogP contribution in [0.25, 0.3) is 22.0 Å². The number of likely N-dealkylation sites (tertiary alicyclic amines) is 1. The Morgan fingerprint density at radius 3 is 2.74 bits per heavy atom. The van der Waals surface area contributed by atoms with E-state index in [1.807, 2.05) is 12.3 Å². The predicted molar refractivity (Wildman–Crippen MR) is 127 cm³/mol. The molecule has 1 spiro atoms. The highest BCUT2D eigenvalue weighted by molar-refractivity contribution is 5.88. The zero-order chi connectivity index (χ0) is 20.6. The Kier molecular flexibility index (Phi) is 6.31. The van der Waals surface area contributed by atoms with Crippen molar-refractivity contribution < 1.29 is 9.53 Å². The van der Waals surface area contributed by atoms with Crippen LogP contribution in [0.15, 0.2) is 48.7 Å². The van der Waals surface area contributed by atoms with Gasteiger partial charge in [-0.25, -0.2) is 0 Å². The third-order valence-electron chi connectivity index (χ3n) is 6.92. The molecule has 2 aliphatic heterocycles. The summed E-state index contributed by atoms with van der Waals surface area (Å²) < 4.78 is 6.59. The summed E-state index contributed by atoms with van der Waals surface area (Å²) in [6.07, 6.45) is 7.85. The van der Waals surface area contributed by atoms with Crippen molar-refractivity contribution in [2.24, 2.45) is 0 Å². The van der Waals surface area contributed by atoms with E-state index in [1.54, 1.807) is 0 Å². The summed E-state index contributed by atoms with van der Waals surface area (Å²) in [5, 5.41) is 1.21. The van der Waals surface area contributed by atoms with Gasteiger partial charge in [0.05, 0.1) is 5.52 Å². The van der Waals surface area contributed by atoms with Crippen LogP contribution in [0, 0.1) is 6.92 Å². The Hall–Kier alpha value is -2.43. The van der Waals surface area contributed by atoms with Crippen molar-refractivity contribution in [3.05, 3.63) is 59.8 Å². The van der Waals surface area contributed by atoms with Crippen LogP contribution in [-0.4, -0.2) is 41.4 Å². The second-order valence-corrected chi connectivity index (χ2v) is 8.72. The summed E-state index contributed by atoms with van der Waals surface area (Å²) in [5.41, 5.74) is 5.99. The standard InChI is InChI=1S/C26H28N2O2.ClH/c1-19-22-5-2-3-6-24(22)27-18-23(19)20-7-8-25-21(17-20)9-10-26(30-25)11-14-28(15-12-26)13-4-16-29;/h2-3,5-8,16-18H,4,9-15H2,1H3;1H. The minimum absolute atomic E-state index is 0. The van der Waals surface area contributed by atoms with E-state index in [2.05, 4.69) is 53.2 Å². The number of aldehydes is 1. The van der Waals surface area contributed by atoms with E-state index in [9.17, 15) is 4.79 Å². The number of benzene rings is 2. The molecule has 4 nitrogen and oxygen atoms in total. The first-order valence-corrected chi connectivity index (χ1v) is 11.0. The summed E-state index contributed by atoms with van der Waals surface area (Å²) in [6, 6.07) is 14.9. The number of hydrogen-bond acceptors (Lipinski definition) is 4. The second kappa shape index (κ2) is 8.97. The molecule has 2 aromatic carbocycles. The Balaban J connectivity index is 0.00000231. The molecule has 3 aromatic rings. The molecule has 0 amide bonds. The average molecular weight is 437 g/mol. The normalized spacial score (nSPS) is 17.6. The minimum Gasteiger partial charge on any atom is -0.487 e. The van der Waals surface area contributed by atoms with Crippen LogP contribution >= 0.6 is 12.4 Å². The fourth-order valence-electron chi connectivity index (χ4n) is 5.03. The molecule has 162 valence electrons. The summed E-state index contributed by atoms with van der Waals surface area (Å²) in [5.74, 6) is 1.04. The molecule has 5 rings (SSSR count). The molecule has 5 heteroatoms. The molecule has 0 N–H and O–H groups in total. The summed E-state index contributed by atoms with van der Waals surface area (Å²) >= 11 is 0. The highest BCUT2D eigenvalue weighted by atomic mass is 35.5.